The van der Waals surface area contributed by atoms with Gasteiger partial charge in [-0.25, -0.2) is 10.3 Å². The van der Waals surface area contributed by atoms with E-state index in [1.54, 1.807) is 23.1 Å². The first-order chi connectivity index (χ1) is 10.6. The van der Waals surface area contributed by atoms with Crippen molar-refractivity contribution in [2.24, 2.45) is 0 Å². The fraction of sp³-hybridized carbons (Fsp3) is 0.188. The molecule has 0 saturated carbocycles. The molecule has 1 aliphatic rings. The van der Waals surface area contributed by atoms with Crippen LogP contribution in [0.15, 0.2) is 48.5 Å². The van der Waals surface area contributed by atoms with Crippen LogP contribution in [0.3, 0.4) is 0 Å². The molecular weight excluding hydrogens is 323 g/mol. The molecule has 22 heavy (non-hydrogen) atoms. The third kappa shape index (κ3) is 3.19. The summed E-state index contributed by atoms with van der Waals surface area (Å²) in [7, 11) is 0. The van der Waals surface area contributed by atoms with Crippen molar-refractivity contribution in [3.8, 4) is 0 Å². The van der Waals surface area contributed by atoms with Gasteiger partial charge in [0.2, 0.25) is 0 Å². The summed E-state index contributed by atoms with van der Waals surface area (Å²) < 4.78 is 0. The lowest BCUT2D eigenvalue weighted by Gasteiger charge is -2.35. The summed E-state index contributed by atoms with van der Waals surface area (Å²) in [5.41, 5.74) is 4.22. The van der Waals surface area contributed by atoms with Gasteiger partial charge in [0, 0.05) is 5.69 Å². The Labute approximate surface area is 138 Å². The van der Waals surface area contributed by atoms with Crippen LogP contribution in [0, 0.1) is 0 Å². The Kier molecular flexibility index (Phi) is 4.52. The summed E-state index contributed by atoms with van der Waals surface area (Å²) in [5.74, 6) is 0. The van der Waals surface area contributed by atoms with Crippen molar-refractivity contribution in [2.75, 3.05) is 11.5 Å². The predicted molar refractivity (Wildman–Crippen MR) is 87.4 cm³/mol. The van der Waals surface area contributed by atoms with Crippen molar-refractivity contribution in [1.29, 1.82) is 0 Å². The first-order valence-corrected chi connectivity index (χ1v) is 7.60. The average Bonchev–Trinajstić information content (AvgIpc) is 2.52. The molecule has 4 nitrogen and oxygen atoms in total. The zero-order chi connectivity index (χ0) is 15.5. The largest absolute Gasteiger partial charge is 0.346 e. The quantitative estimate of drug-likeness (QED) is 0.917. The Morgan fingerprint density at radius 3 is 2.64 bits per heavy atom. The zero-order valence-corrected chi connectivity index (χ0v) is 13.1. The summed E-state index contributed by atoms with van der Waals surface area (Å²) in [4.78, 5) is 19.0. The van der Waals surface area contributed by atoms with Gasteiger partial charge in [-0.05, 0) is 30.2 Å². The molecule has 2 aromatic rings. The highest BCUT2D eigenvalue weighted by atomic mass is 35.5. The van der Waals surface area contributed by atoms with Crippen LogP contribution in [0.4, 0.5) is 10.5 Å². The molecule has 0 aromatic heterocycles. The molecule has 1 heterocycles. The van der Waals surface area contributed by atoms with Crippen LogP contribution in [-0.2, 0) is 11.3 Å². The molecule has 1 unspecified atom stereocenters. The van der Waals surface area contributed by atoms with Gasteiger partial charge in [0.15, 0.2) is 0 Å². The second kappa shape index (κ2) is 6.57. The highest BCUT2D eigenvalue weighted by Crippen LogP contribution is 2.29. The number of nitrogens with zero attached hydrogens (tertiary/aromatic N) is 1. The number of amides is 2. The number of hydroxylamine groups is 1. The lowest BCUT2D eigenvalue weighted by Crippen LogP contribution is -2.55. The number of rotatable bonds is 3. The highest BCUT2D eigenvalue weighted by molar-refractivity contribution is 6.42. The second-order valence-corrected chi connectivity index (χ2v) is 5.84. The first kappa shape index (κ1) is 15.2. The Hall–Kier alpha value is -1.75. The Balaban J connectivity index is 1.89. The molecule has 6 heteroatoms. The normalized spacial score (nSPS) is 18.2. The van der Waals surface area contributed by atoms with Crippen LogP contribution in [-0.4, -0.2) is 18.7 Å². The summed E-state index contributed by atoms with van der Waals surface area (Å²) in [6.07, 6.45) is 0.689. The van der Waals surface area contributed by atoms with Gasteiger partial charge in [0.1, 0.15) is 0 Å². The zero-order valence-electron chi connectivity index (χ0n) is 11.6. The van der Waals surface area contributed by atoms with E-state index in [0.29, 0.717) is 28.8 Å². The second-order valence-electron chi connectivity index (χ2n) is 5.03. The fourth-order valence-electron chi connectivity index (χ4n) is 2.49. The van der Waals surface area contributed by atoms with E-state index in [-0.39, 0.29) is 12.1 Å². The van der Waals surface area contributed by atoms with Crippen molar-refractivity contribution >= 4 is 34.9 Å². The number of carbonyl (C=O) groups excluding carboxylic acids is 1. The van der Waals surface area contributed by atoms with Gasteiger partial charge in [-0.2, -0.15) is 0 Å². The molecule has 3 rings (SSSR count). The van der Waals surface area contributed by atoms with Gasteiger partial charge >= 0.3 is 6.03 Å². The number of benzene rings is 2. The molecule has 0 bridgehead atoms. The van der Waals surface area contributed by atoms with E-state index in [9.17, 15) is 4.79 Å². The van der Waals surface area contributed by atoms with Crippen LogP contribution in [0.1, 0.15) is 5.56 Å². The number of hydrogen-bond acceptors (Lipinski definition) is 2. The van der Waals surface area contributed by atoms with Gasteiger partial charge in [-0.3, -0.25) is 9.74 Å². The number of urea groups is 1. The average molecular weight is 337 g/mol. The molecule has 0 spiro atoms. The number of anilines is 1. The number of nitrogens with one attached hydrogen (secondary N) is 1. The number of hydrogen-bond donors (Lipinski definition) is 1. The Morgan fingerprint density at radius 1 is 1.14 bits per heavy atom. The van der Waals surface area contributed by atoms with Crippen molar-refractivity contribution in [2.45, 2.75) is 12.5 Å². The lowest BCUT2D eigenvalue weighted by atomic mass is 10.0. The lowest BCUT2D eigenvalue weighted by molar-refractivity contribution is 0.0339. The van der Waals surface area contributed by atoms with Gasteiger partial charge in [-0.15, -0.1) is 0 Å². The maximum atomic E-state index is 12.2. The molecule has 1 saturated heterocycles. The van der Waals surface area contributed by atoms with E-state index >= 15 is 0 Å². The topological polar surface area (TPSA) is 41.6 Å². The Morgan fingerprint density at radius 2 is 1.91 bits per heavy atom. The minimum Gasteiger partial charge on any atom is -0.287 e. The number of halogens is 2. The molecule has 114 valence electrons. The van der Waals surface area contributed by atoms with E-state index in [0.717, 1.165) is 5.56 Å². The highest BCUT2D eigenvalue weighted by Gasteiger charge is 2.30. The van der Waals surface area contributed by atoms with E-state index in [1.165, 1.54) is 0 Å². The molecule has 0 radical (unpaired) electrons. The van der Waals surface area contributed by atoms with Crippen LogP contribution in [0.5, 0.6) is 0 Å². The SMILES string of the molecule is O=C1NOCC(Cc2ccccc2)N1c1ccc(Cl)c(Cl)c1. The van der Waals surface area contributed by atoms with Crippen LogP contribution in [0.2, 0.25) is 10.0 Å². The molecule has 1 aliphatic heterocycles. The van der Waals surface area contributed by atoms with Crippen LogP contribution in [0.25, 0.3) is 0 Å². The number of carbonyl (C=O) groups is 1. The summed E-state index contributed by atoms with van der Waals surface area (Å²) in [5, 5.41) is 0.871. The first-order valence-electron chi connectivity index (χ1n) is 6.85. The summed E-state index contributed by atoms with van der Waals surface area (Å²) >= 11 is 12.0. The van der Waals surface area contributed by atoms with Crippen LogP contribution < -0.4 is 10.4 Å². The molecular formula is C16H14Cl2N2O2. The van der Waals surface area contributed by atoms with Gasteiger partial charge in [-0.1, -0.05) is 53.5 Å². The summed E-state index contributed by atoms with van der Waals surface area (Å²) in [6.45, 7) is 0.390. The maximum Gasteiger partial charge on any atom is 0.346 e. The molecule has 2 aromatic carbocycles. The van der Waals surface area contributed by atoms with Crippen molar-refractivity contribution < 1.29 is 9.63 Å². The minimum atomic E-state index is -0.314. The van der Waals surface area contributed by atoms with Crippen LogP contribution >= 0.6 is 23.2 Å². The molecule has 0 aliphatic carbocycles. The summed E-state index contributed by atoms with van der Waals surface area (Å²) in [6, 6.07) is 14.7. The van der Waals surface area contributed by atoms with Gasteiger partial charge in [0.05, 0.1) is 22.7 Å². The third-order valence-corrected chi connectivity index (χ3v) is 4.25. The van der Waals surface area contributed by atoms with E-state index in [1.807, 2.05) is 30.3 Å². The molecule has 2 amide bonds. The van der Waals surface area contributed by atoms with Gasteiger partial charge < -0.3 is 0 Å². The smallest absolute Gasteiger partial charge is 0.287 e. The maximum absolute atomic E-state index is 12.2. The van der Waals surface area contributed by atoms with Gasteiger partial charge in [0.25, 0.3) is 0 Å². The van der Waals surface area contributed by atoms with E-state index in [4.69, 9.17) is 28.0 Å². The molecule has 1 fully saturated rings. The third-order valence-electron chi connectivity index (χ3n) is 3.51. The van der Waals surface area contributed by atoms with Crippen molar-refractivity contribution in [1.82, 2.24) is 5.48 Å². The molecule has 1 atom stereocenters. The fourth-order valence-corrected chi connectivity index (χ4v) is 2.78. The molecule has 1 N–H and O–H groups in total. The monoisotopic (exact) mass is 336 g/mol. The predicted octanol–water partition coefficient (Wildman–Crippen LogP) is 4.07. The standard InChI is InChI=1S/C16H14Cl2N2O2/c17-14-7-6-12(9-15(14)18)20-13(10-22-19-16(20)21)8-11-4-2-1-3-5-11/h1-7,9,13H,8,10H2,(H,19,21). The van der Waals surface area contributed by atoms with Crippen molar-refractivity contribution in [3.05, 3.63) is 64.1 Å². The minimum absolute atomic E-state index is 0.117. The van der Waals surface area contributed by atoms with E-state index in [2.05, 4.69) is 5.48 Å². The van der Waals surface area contributed by atoms with Crippen molar-refractivity contribution in [3.63, 3.8) is 0 Å². The van der Waals surface area contributed by atoms with E-state index < -0.39 is 0 Å². The Bertz CT molecular complexity index is 679.